The van der Waals surface area contributed by atoms with E-state index in [1.807, 2.05) is 32.0 Å². The number of carbonyl (C=O) groups excluding carboxylic acids is 1. The lowest BCUT2D eigenvalue weighted by molar-refractivity contribution is -0.116. The topological polar surface area (TPSA) is 81.3 Å². The van der Waals surface area contributed by atoms with Crippen LogP contribution in [0.15, 0.2) is 53.3 Å². The van der Waals surface area contributed by atoms with Gasteiger partial charge in [0.15, 0.2) is 5.82 Å². The molecule has 4 aromatic rings. The van der Waals surface area contributed by atoms with Gasteiger partial charge in [0.2, 0.25) is 11.7 Å². The lowest BCUT2D eigenvalue weighted by Gasteiger charge is -2.13. The number of halogens is 1. The van der Waals surface area contributed by atoms with Crippen molar-refractivity contribution in [2.75, 3.05) is 5.32 Å². The van der Waals surface area contributed by atoms with Gasteiger partial charge in [0.25, 0.3) is 5.56 Å². The highest BCUT2D eigenvalue weighted by atomic mass is 35.5. The molecule has 0 aliphatic carbocycles. The summed E-state index contributed by atoms with van der Waals surface area (Å²) >= 11 is 5.95. The van der Waals surface area contributed by atoms with E-state index in [0.717, 1.165) is 22.4 Å². The van der Waals surface area contributed by atoms with E-state index in [-0.39, 0.29) is 18.0 Å². The van der Waals surface area contributed by atoms with E-state index in [1.54, 1.807) is 35.8 Å². The molecule has 0 radical (unpaired) electrons. The van der Waals surface area contributed by atoms with Crippen LogP contribution < -0.4 is 10.9 Å². The molecule has 0 aliphatic rings. The van der Waals surface area contributed by atoms with E-state index in [9.17, 15) is 9.59 Å². The van der Waals surface area contributed by atoms with E-state index in [0.29, 0.717) is 22.3 Å². The van der Waals surface area contributed by atoms with Crippen LogP contribution >= 0.6 is 11.6 Å². The highest BCUT2D eigenvalue weighted by Crippen LogP contribution is 2.20. The largest absolute Gasteiger partial charge is 0.324 e. The SMILES string of the molecule is Cc1cccc(NC(=O)Cn2c(C)cc(=O)n3nc(-c4ccc(Cl)cc4)nc23)c1C. The highest BCUT2D eigenvalue weighted by molar-refractivity contribution is 6.30. The monoisotopic (exact) mass is 421 g/mol. The van der Waals surface area contributed by atoms with Crippen molar-refractivity contribution in [1.82, 2.24) is 19.2 Å². The summed E-state index contributed by atoms with van der Waals surface area (Å²) in [4.78, 5) is 29.7. The molecule has 0 saturated heterocycles. The number of carbonyl (C=O) groups is 1. The van der Waals surface area contributed by atoms with Gasteiger partial charge >= 0.3 is 0 Å². The van der Waals surface area contributed by atoms with Crippen LogP contribution in [-0.2, 0) is 11.3 Å². The second-order valence-corrected chi connectivity index (χ2v) is 7.60. The summed E-state index contributed by atoms with van der Waals surface area (Å²) in [5.74, 6) is 0.479. The summed E-state index contributed by atoms with van der Waals surface area (Å²) < 4.78 is 2.89. The molecule has 0 atom stereocenters. The van der Waals surface area contributed by atoms with E-state index >= 15 is 0 Å². The Kier molecular flexibility index (Phi) is 5.13. The molecule has 30 heavy (non-hydrogen) atoms. The number of amides is 1. The molecule has 0 bridgehead atoms. The second kappa shape index (κ2) is 7.76. The van der Waals surface area contributed by atoms with Crippen molar-refractivity contribution < 1.29 is 4.79 Å². The molecule has 2 aromatic heterocycles. The van der Waals surface area contributed by atoms with Gasteiger partial charge in [-0.1, -0.05) is 23.7 Å². The van der Waals surface area contributed by atoms with E-state index < -0.39 is 0 Å². The third-order valence-corrected chi connectivity index (χ3v) is 5.33. The summed E-state index contributed by atoms with van der Waals surface area (Å²) in [6.07, 6.45) is 0. The minimum Gasteiger partial charge on any atom is -0.324 e. The van der Waals surface area contributed by atoms with Crippen molar-refractivity contribution in [3.8, 4) is 11.4 Å². The first-order valence-electron chi connectivity index (χ1n) is 9.42. The average molecular weight is 422 g/mol. The van der Waals surface area contributed by atoms with Gasteiger partial charge in [-0.05, 0) is 62.2 Å². The molecule has 8 heteroatoms. The van der Waals surface area contributed by atoms with Gasteiger partial charge < -0.3 is 9.88 Å². The normalized spacial score (nSPS) is 11.1. The zero-order valence-corrected chi connectivity index (χ0v) is 17.6. The van der Waals surface area contributed by atoms with Gasteiger partial charge in [-0.3, -0.25) is 9.59 Å². The van der Waals surface area contributed by atoms with E-state index in [4.69, 9.17) is 11.6 Å². The number of anilines is 1. The van der Waals surface area contributed by atoms with Crippen molar-refractivity contribution in [2.45, 2.75) is 27.3 Å². The molecule has 2 aromatic carbocycles. The summed E-state index contributed by atoms with van der Waals surface area (Å²) in [6, 6.07) is 14.2. The summed E-state index contributed by atoms with van der Waals surface area (Å²) in [6.45, 7) is 5.73. The van der Waals surface area contributed by atoms with Crippen LogP contribution in [0.5, 0.6) is 0 Å². The lowest BCUT2D eigenvalue weighted by Crippen LogP contribution is -2.25. The van der Waals surface area contributed by atoms with Gasteiger partial charge in [-0.25, -0.2) is 0 Å². The Morgan fingerprint density at radius 3 is 2.57 bits per heavy atom. The number of nitrogens with one attached hydrogen (secondary N) is 1. The number of rotatable bonds is 4. The molecule has 0 aliphatic heterocycles. The van der Waals surface area contributed by atoms with Crippen LogP contribution in [-0.4, -0.2) is 25.1 Å². The molecule has 152 valence electrons. The molecular weight excluding hydrogens is 402 g/mol. The first-order valence-corrected chi connectivity index (χ1v) is 9.80. The van der Waals surface area contributed by atoms with Crippen LogP contribution in [0.3, 0.4) is 0 Å². The smallest absolute Gasteiger partial charge is 0.275 e. The van der Waals surface area contributed by atoms with Crippen LogP contribution in [0.1, 0.15) is 16.8 Å². The Balaban J connectivity index is 1.71. The van der Waals surface area contributed by atoms with E-state index in [1.165, 1.54) is 10.6 Å². The molecule has 4 rings (SSSR count). The Morgan fingerprint density at radius 2 is 1.83 bits per heavy atom. The van der Waals surface area contributed by atoms with Gasteiger partial charge in [-0.15, -0.1) is 5.10 Å². The fourth-order valence-corrected chi connectivity index (χ4v) is 3.36. The Hall–Kier alpha value is -3.45. The van der Waals surface area contributed by atoms with Gasteiger partial charge in [0, 0.05) is 28.0 Å². The molecule has 1 N–H and O–H groups in total. The van der Waals surface area contributed by atoms with Crippen molar-refractivity contribution >= 4 is 29.0 Å². The Morgan fingerprint density at radius 1 is 1.10 bits per heavy atom. The maximum atomic E-state index is 12.8. The fourth-order valence-electron chi connectivity index (χ4n) is 3.24. The maximum Gasteiger partial charge on any atom is 0.275 e. The summed E-state index contributed by atoms with van der Waals surface area (Å²) in [5.41, 5.74) is 3.92. The Labute approximate surface area is 178 Å². The molecule has 0 spiro atoms. The maximum absolute atomic E-state index is 12.8. The molecule has 0 unspecified atom stereocenters. The van der Waals surface area contributed by atoms with Crippen LogP contribution in [0.25, 0.3) is 17.2 Å². The van der Waals surface area contributed by atoms with Crippen LogP contribution in [0.2, 0.25) is 5.02 Å². The van der Waals surface area contributed by atoms with Crippen molar-refractivity contribution in [1.29, 1.82) is 0 Å². The number of nitrogens with zero attached hydrogens (tertiary/aromatic N) is 4. The zero-order chi connectivity index (χ0) is 21.4. The molecule has 2 heterocycles. The van der Waals surface area contributed by atoms with Crippen LogP contribution in [0.4, 0.5) is 5.69 Å². The average Bonchev–Trinajstić information content (AvgIpc) is 3.15. The van der Waals surface area contributed by atoms with Gasteiger partial charge in [0.1, 0.15) is 6.54 Å². The van der Waals surface area contributed by atoms with Crippen LogP contribution in [0, 0.1) is 20.8 Å². The third-order valence-electron chi connectivity index (χ3n) is 5.08. The predicted octanol–water partition coefficient (Wildman–Crippen LogP) is 3.78. The molecule has 0 fully saturated rings. The minimum absolute atomic E-state index is 0.00173. The van der Waals surface area contributed by atoms with Crippen molar-refractivity contribution in [2.24, 2.45) is 0 Å². The fraction of sp³-hybridized carbons (Fsp3) is 0.182. The predicted molar refractivity (Wildman–Crippen MR) is 117 cm³/mol. The molecule has 7 nitrogen and oxygen atoms in total. The number of benzene rings is 2. The zero-order valence-electron chi connectivity index (χ0n) is 16.8. The van der Waals surface area contributed by atoms with Crippen molar-refractivity contribution in [3.63, 3.8) is 0 Å². The number of fused-ring (bicyclic) bond motifs is 1. The molecule has 0 saturated carbocycles. The first-order chi connectivity index (χ1) is 14.3. The summed E-state index contributed by atoms with van der Waals surface area (Å²) in [7, 11) is 0. The van der Waals surface area contributed by atoms with E-state index in [2.05, 4.69) is 15.4 Å². The number of hydrogen-bond donors (Lipinski definition) is 1. The third kappa shape index (κ3) is 3.71. The summed E-state index contributed by atoms with van der Waals surface area (Å²) in [5, 5.41) is 7.87. The molecular formula is C22H20ClN5O2. The number of aryl methyl sites for hydroxylation is 2. The van der Waals surface area contributed by atoms with Crippen molar-refractivity contribution in [3.05, 3.63) is 80.7 Å². The minimum atomic E-state index is -0.304. The highest BCUT2D eigenvalue weighted by Gasteiger charge is 2.16. The number of hydrogen-bond acceptors (Lipinski definition) is 4. The second-order valence-electron chi connectivity index (χ2n) is 7.16. The molecule has 1 amide bonds. The standard InChI is InChI=1S/C22H20ClN5O2/c1-13-5-4-6-18(15(13)3)24-19(29)12-27-14(2)11-20(30)28-22(27)25-21(26-28)16-7-9-17(23)10-8-16/h4-11H,12H2,1-3H3,(H,24,29). The Bertz CT molecular complexity index is 1320. The van der Waals surface area contributed by atoms with Gasteiger partial charge in [-0.2, -0.15) is 9.50 Å². The lowest BCUT2D eigenvalue weighted by atomic mass is 10.1. The quantitative estimate of drug-likeness (QED) is 0.543. The first kappa shape index (κ1) is 19.8. The van der Waals surface area contributed by atoms with Gasteiger partial charge in [0.05, 0.1) is 0 Å². The number of aromatic nitrogens is 4.